The Bertz CT molecular complexity index is 149. The number of nitrogens with one attached hydrogen (secondary N) is 2. The third kappa shape index (κ3) is 6.54. The van der Waals surface area contributed by atoms with Crippen molar-refractivity contribution in [1.29, 1.82) is 0 Å². The van der Waals surface area contributed by atoms with Gasteiger partial charge in [0.1, 0.15) is 0 Å². The van der Waals surface area contributed by atoms with E-state index in [1.54, 1.807) is 6.92 Å². The van der Waals surface area contributed by atoms with Crippen LogP contribution in [0.5, 0.6) is 0 Å². The molecule has 0 fully saturated rings. The average molecular weight is 188 g/mol. The first-order chi connectivity index (χ1) is 6.07. The fourth-order valence-corrected chi connectivity index (χ4v) is 0.832. The summed E-state index contributed by atoms with van der Waals surface area (Å²) in [7, 11) is 0. The van der Waals surface area contributed by atoms with Crippen LogP contribution >= 0.6 is 0 Å². The number of aliphatic hydroxyl groups is 1. The first-order valence-corrected chi connectivity index (χ1v) is 4.70. The molecular weight excluding hydrogens is 168 g/mol. The van der Waals surface area contributed by atoms with Crippen LogP contribution in [0.15, 0.2) is 0 Å². The maximum Gasteiger partial charge on any atom is 0.236 e. The molecule has 0 aliphatic rings. The van der Waals surface area contributed by atoms with Crippen LogP contribution in [-0.4, -0.2) is 36.8 Å². The summed E-state index contributed by atoms with van der Waals surface area (Å²) in [6, 6.07) is -0.231. The molecule has 0 aromatic heterocycles. The zero-order valence-corrected chi connectivity index (χ0v) is 8.63. The van der Waals surface area contributed by atoms with E-state index in [-0.39, 0.29) is 18.6 Å². The van der Waals surface area contributed by atoms with E-state index >= 15 is 0 Å². The van der Waals surface area contributed by atoms with Gasteiger partial charge in [-0.05, 0) is 12.8 Å². The second kappa shape index (κ2) is 6.86. The molecule has 3 N–H and O–H groups in total. The lowest BCUT2D eigenvalue weighted by molar-refractivity contribution is -0.122. The van der Waals surface area contributed by atoms with Crippen molar-refractivity contribution < 1.29 is 9.90 Å². The monoisotopic (exact) mass is 188 g/mol. The van der Waals surface area contributed by atoms with Gasteiger partial charge < -0.3 is 15.7 Å². The lowest BCUT2D eigenvalue weighted by Gasteiger charge is -2.14. The Labute approximate surface area is 79.7 Å². The number of hydrogen-bond acceptors (Lipinski definition) is 3. The van der Waals surface area contributed by atoms with Gasteiger partial charge in [0.2, 0.25) is 5.91 Å². The molecule has 1 amide bonds. The lowest BCUT2D eigenvalue weighted by Crippen LogP contribution is -2.44. The van der Waals surface area contributed by atoms with Gasteiger partial charge in [-0.15, -0.1) is 0 Å². The number of aliphatic hydroxyl groups excluding tert-OH is 1. The summed E-state index contributed by atoms with van der Waals surface area (Å²) in [4.78, 5) is 11.3. The molecule has 0 aliphatic heterocycles. The summed E-state index contributed by atoms with van der Waals surface area (Å²) in [5.41, 5.74) is 0. The summed E-state index contributed by atoms with van der Waals surface area (Å²) >= 11 is 0. The molecule has 1 atom stereocenters. The summed E-state index contributed by atoms with van der Waals surface area (Å²) in [5, 5.41) is 14.2. The second-order valence-electron chi connectivity index (χ2n) is 3.54. The Morgan fingerprint density at radius 2 is 2.00 bits per heavy atom. The van der Waals surface area contributed by atoms with E-state index in [1.807, 2.05) is 13.8 Å². The van der Waals surface area contributed by atoms with Gasteiger partial charge in [0.25, 0.3) is 0 Å². The zero-order valence-electron chi connectivity index (χ0n) is 8.63. The molecule has 0 aromatic carbocycles. The Kier molecular flexibility index (Phi) is 6.54. The SMILES string of the molecule is CC(C)CNC(=O)C(C)NCCO. The maximum atomic E-state index is 11.3. The fourth-order valence-electron chi connectivity index (χ4n) is 0.832. The van der Waals surface area contributed by atoms with Crippen LogP contribution < -0.4 is 10.6 Å². The van der Waals surface area contributed by atoms with Gasteiger partial charge in [0.05, 0.1) is 12.6 Å². The predicted octanol–water partition coefficient (Wildman–Crippen LogP) is -0.271. The van der Waals surface area contributed by atoms with Gasteiger partial charge in [-0.25, -0.2) is 0 Å². The molecule has 1 unspecified atom stereocenters. The standard InChI is InChI=1S/C9H20N2O2/c1-7(2)6-11-9(13)8(3)10-4-5-12/h7-8,10,12H,4-6H2,1-3H3,(H,11,13). The van der Waals surface area contributed by atoms with E-state index in [4.69, 9.17) is 5.11 Å². The highest BCUT2D eigenvalue weighted by atomic mass is 16.3. The third-order valence-corrected chi connectivity index (χ3v) is 1.64. The topological polar surface area (TPSA) is 61.4 Å². The van der Waals surface area contributed by atoms with Crippen molar-refractivity contribution in [2.24, 2.45) is 5.92 Å². The van der Waals surface area contributed by atoms with E-state index in [2.05, 4.69) is 10.6 Å². The molecule has 0 saturated heterocycles. The highest BCUT2D eigenvalue weighted by Crippen LogP contribution is 1.88. The van der Waals surface area contributed by atoms with Crippen LogP contribution in [0.25, 0.3) is 0 Å². The van der Waals surface area contributed by atoms with Crippen LogP contribution in [0.4, 0.5) is 0 Å². The number of rotatable bonds is 6. The molecule has 0 aromatic rings. The molecule has 0 aliphatic carbocycles. The molecule has 4 nitrogen and oxygen atoms in total. The highest BCUT2D eigenvalue weighted by molar-refractivity contribution is 5.81. The summed E-state index contributed by atoms with van der Waals surface area (Å²) in [5.74, 6) is 0.455. The molecule has 0 spiro atoms. The predicted molar refractivity (Wildman–Crippen MR) is 52.4 cm³/mol. The Morgan fingerprint density at radius 3 is 2.46 bits per heavy atom. The van der Waals surface area contributed by atoms with Crippen molar-refractivity contribution in [2.75, 3.05) is 19.7 Å². The summed E-state index contributed by atoms with van der Waals surface area (Å²) in [6.45, 7) is 7.09. The Balaban J connectivity index is 3.57. The number of carbonyl (C=O) groups excluding carboxylic acids is 1. The lowest BCUT2D eigenvalue weighted by atomic mass is 10.2. The largest absolute Gasteiger partial charge is 0.395 e. The van der Waals surface area contributed by atoms with Crippen LogP contribution in [0.3, 0.4) is 0 Å². The van der Waals surface area contributed by atoms with Crippen LogP contribution in [0.2, 0.25) is 0 Å². The minimum atomic E-state index is -0.231. The highest BCUT2D eigenvalue weighted by Gasteiger charge is 2.10. The molecule has 13 heavy (non-hydrogen) atoms. The van der Waals surface area contributed by atoms with Crippen molar-refractivity contribution in [3.05, 3.63) is 0 Å². The minimum absolute atomic E-state index is 0.0119. The van der Waals surface area contributed by atoms with Gasteiger partial charge in [0, 0.05) is 13.1 Å². The van der Waals surface area contributed by atoms with Gasteiger partial charge in [0.15, 0.2) is 0 Å². The summed E-state index contributed by atoms with van der Waals surface area (Å²) < 4.78 is 0. The van der Waals surface area contributed by atoms with Crippen molar-refractivity contribution in [3.63, 3.8) is 0 Å². The first kappa shape index (κ1) is 12.4. The molecule has 0 rings (SSSR count). The Morgan fingerprint density at radius 1 is 1.38 bits per heavy atom. The van der Waals surface area contributed by atoms with Crippen LogP contribution in [0, 0.1) is 5.92 Å². The zero-order chi connectivity index (χ0) is 10.3. The number of hydrogen-bond donors (Lipinski definition) is 3. The van der Waals surface area contributed by atoms with Gasteiger partial charge in [-0.1, -0.05) is 13.8 Å². The van der Waals surface area contributed by atoms with Gasteiger partial charge >= 0.3 is 0 Å². The van der Waals surface area contributed by atoms with Crippen LogP contribution in [0.1, 0.15) is 20.8 Å². The van der Waals surface area contributed by atoms with Crippen molar-refractivity contribution in [1.82, 2.24) is 10.6 Å². The van der Waals surface area contributed by atoms with Gasteiger partial charge in [-0.3, -0.25) is 4.79 Å². The molecule has 0 radical (unpaired) electrons. The molecule has 0 bridgehead atoms. The molecular formula is C9H20N2O2. The normalized spacial score (nSPS) is 13.0. The van der Waals surface area contributed by atoms with E-state index in [1.165, 1.54) is 0 Å². The van der Waals surface area contributed by atoms with Crippen LogP contribution in [-0.2, 0) is 4.79 Å². The molecule has 0 saturated carbocycles. The first-order valence-electron chi connectivity index (χ1n) is 4.70. The smallest absolute Gasteiger partial charge is 0.236 e. The number of amides is 1. The third-order valence-electron chi connectivity index (χ3n) is 1.64. The number of carbonyl (C=O) groups is 1. The second-order valence-corrected chi connectivity index (χ2v) is 3.54. The molecule has 4 heteroatoms. The van der Waals surface area contributed by atoms with Crippen molar-refractivity contribution in [3.8, 4) is 0 Å². The quantitative estimate of drug-likeness (QED) is 0.537. The molecule has 0 heterocycles. The van der Waals surface area contributed by atoms with E-state index in [9.17, 15) is 4.79 Å². The van der Waals surface area contributed by atoms with Gasteiger partial charge in [-0.2, -0.15) is 0 Å². The van der Waals surface area contributed by atoms with E-state index in [0.717, 1.165) is 0 Å². The maximum absolute atomic E-state index is 11.3. The summed E-state index contributed by atoms with van der Waals surface area (Å²) in [6.07, 6.45) is 0. The van der Waals surface area contributed by atoms with E-state index < -0.39 is 0 Å². The van der Waals surface area contributed by atoms with Crippen molar-refractivity contribution >= 4 is 5.91 Å². The molecule has 78 valence electrons. The van der Waals surface area contributed by atoms with E-state index in [0.29, 0.717) is 19.0 Å². The minimum Gasteiger partial charge on any atom is -0.395 e. The van der Waals surface area contributed by atoms with Crippen molar-refractivity contribution in [2.45, 2.75) is 26.8 Å². The Hall–Kier alpha value is -0.610. The average Bonchev–Trinajstić information content (AvgIpc) is 2.10. The fraction of sp³-hybridized carbons (Fsp3) is 0.889.